The summed E-state index contributed by atoms with van der Waals surface area (Å²) in [6.07, 6.45) is -7.54. The molecule has 1 aliphatic rings. The van der Waals surface area contributed by atoms with Crippen molar-refractivity contribution in [1.82, 2.24) is 0 Å². The zero-order valence-corrected chi connectivity index (χ0v) is 25.4. The molecule has 1 fully saturated rings. The predicted octanol–water partition coefficient (Wildman–Crippen LogP) is 5.52. The van der Waals surface area contributed by atoms with Crippen LogP contribution >= 0.6 is 0 Å². The van der Waals surface area contributed by atoms with Gasteiger partial charge in [0.2, 0.25) is 0 Å². The van der Waals surface area contributed by atoms with Crippen LogP contribution in [0, 0.1) is 0 Å². The van der Waals surface area contributed by atoms with Gasteiger partial charge >= 0.3 is 11.9 Å². The minimum Gasteiger partial charge on any atom is -0.452 e. The Hall–Kier alpha value is -5.12. The van der Waals surface area contributed by atoms with Crippen LogP contribution in [0.2, 0.25) is 0 Å². The molecule has 2 N–H and O–H groups in total. The van der Waals surface area contributed by atoms with Crippen molar-refractivity contribution < 1.29 is 38.7 Å². The van der Waals surface area contributed by atoms with Crippen LogP contribution < -0.4 is 0 Å². The monoisotopic (exact) mass is 630 g/mol. The van der Waals surface area contributed by atoms with Gasteiger partial charge < -0.3 is 29.2 Å². The van der Waals surface area contributed by atoms with E-state index in [1.54, 1.807) is 60.7 Å². The Morgan fingerprint density at radius 1 is 0.553 bits per heavy atom. The second kappa shape index (κ2) is 14.5. The maximum absolute atomic E-state index is 13.2. The average molecular weight is 631 g/mol. The van der Waals surface area contributed by atoms with Crippen LogP contribution in [0.4, 0.5) is 0 Å². The summed E-state index contributed by atoms with van der Waals surface area (Å²) in [7, 11) is 0. The van der Waals surface area contributed by atoms with Crippen LogP contribution in [-0.2, 0) is 24.5 Å². The summed E-state index contributed by atoms with van der Waals surface area (Å²) in [5.74, 6) is -1.55. The smallest absolute Gasteiger partial charge is 0.338 e. The number of benzene rings is 5. The van der Waals surface area contributed by atoms with Crippen LogP contribution in [-0.4, -0.2) is 59.5 Å². The second-order valence-corrected chi connectivity index (χ2v) is 11.1. The Morgan fingerprint density at radius 2 is 0.915 bits per heavy atom. The standard InChI is InChI=1S/C39H34O8/c40-33-32(26-44-39(29-20-10-3-11-21-29,30-22-12-4-13-23-30)31-24-14-5-15-25-31)45-38(43)35(47-37(42)28-18-8-2-9-19-28)34(33)46-36(41)27-16-6-1-7-17-27/h1-25,32-35,38,40,43H,26H2/t32-,33+,34+,35-,38-/m1/s1. The van der Waals surface area contributed by atoms with E-state index in [-0.39, 0.29) is 17.7 Å². The number of carbonyl (C=O) groups excluding carboxylic acids is 2. The molecule has 0 amide bonds. The number of hydrogen-bond donors (Lipinski definition) is 2. The third kappa shape index (κ3) is 6.86. The van der Waals surface area contributed by atoms with Gasteiger partial charge in [-0.05, 0) is 41.0 Å². The average Bonchev–Trinajstić information content (AvgIpc) is 3.13. The van der Waals surface area contributed by atoms with Gasteiger partial charge in [-0.1, -0.05) is 127 Å². The molecule has 5 aromatic carbocycles. The van der Waals surface area contributed by atoms with Gasteiger partial charge in [-0.2, -0.15) is 0 Å². The van der Waals surface area contributed by atoms with Crippen molar-refractivity contribution in [1.29, 1.82) is 0 Å². The Labute approximate surface area is 272 Å². The lowest BCUT2D eigenvalue weighted by Crippen LogP contribution is -2.61. The van der Waals surface area contributed by atoms with E-state index in [1.807, 2.05) is 91.0 Å². The number of aliphatic hydroxyl groups excluding tert-OH is 2. The number of carbonyl (C=O) groups is 2. The molecule has 1 heterocycles. The molecular weight excluding hydrogens is 596 g/mol. The molecule has 8 nitrogen and oxygen atoms in total. The fourth-order valence-electron chi connectivity index (χ4n) is 5.81. The fraction of sp³-hybridized carbons (Fsp3) is 0.179. The molecule has 5 atom stereocenters. The molecule has 5 aromatic rings. The molecule has 0 saturated carbocycles. The van der Waals surface area contributed by atoms with Gasteiger partial charge in [-0.15, -0.1) is 0 Å². The molecule has 0 aliphatic carbocycles. The maximum Gasteiger partial charge on any atom is 0.338 e. The first-order chi connectivity index (χ1) is 23.0. The highest BCUT2D eigenvalue weighted by Crippen LogP contribution is 2.41. The predicted molar refractivity (Wildman–Crippen MR) is 173 cm³/mol. The molecule has 6 rings (SSSR count). The van der Waals surface area contributed by atoms with Crippen LogP contribution in [0.5, 0.6) is 0 Å². The van der Waals surface area contributed by atoms with Crippen LogP contribution in [0.15, 0.2) is 152 Å². The Morgan fingerprint density at radius 3 is 1.32 bits per heavy atom. The highest BCUT2D eigenvalue weighted by atomic mass is 16.7. The molecule has 8 heteroatoms. The third-order valence-corrected chi connectivity index (χ3v) is 8.15. The van der Waals surface area contributed by atoms with Crippen molar-refractivity contribution >= 4 is 11.9 Å². The molecule has 0 bridgehead atoms. The fourth-order valence-corrected chi connectivity index (χ4v) is 5.81. The van der Waals surface area contributed by atoms with Crippen molar-refractivity contribution in [3.8, 4) is 0 Å². The Kier molecular flexibility index (Phi) is 9.85. The lowest BCUT2D eigenvalue weighted by Gasteiger charge is -2.43. The van der Waals surface area contributed by atoms with Gasteiger partial charge in [0.05, 0.1) is 17.7 Å². The number of rotatable bonds is 10. The van der Waals surface area contributed by atoms with Crippen molar-refractivity contribution in [2.45, 2.75) is 36.3 Å². The van der Waals surface area contributed by atoms with Crippen LogP contribution in [0.3, 0.4) is 0 Å². The van der Waals surface area contributed by atoms with E-state index in [4.69, 9.17) is 18.9 Å². The van der Waals surface area contributed by atoms with Crippen molar-refractivity contribution in [3.63, 3.8) is 0 Å². The molecule has 0 radical (unpaired) electrons. The van der Waals surface area contributed by atoms with Crippen molar-refractivity contribution in [2.24, 2.45) is 0 Å². The first kappa shape index (κ1) is 31.8. The van der Waals surface area contributed by atoms with Crippen molar-refractivity contribution in [2.75, 3.05) is 6.61 Å². The zero-order chi connectivity index (χ0) is 32.6. The first-order valence-corrected chi connectivity index (χ1v) is 15.3. The second-order valence-electron chi connectivity index (χ2n) is 11.1. The minimum absolute atomic E-state index is 0.214. The van der Waals surface area contributed by atoms with Gasteiger partial charge in [0.25, 0.3) is 0 Å². The van der Waals surface area contributed by atoms with E-state index in [0.717, 1.165) is 16.7 Å². The molecule has 1 saturated heterocycles. The molecule has 238 valence electrons. The van der Waals surface area contributed by atoms with E-state index in [0.29, 0.717) is 0 Å². The SMILES string of the molecule is O=C(O[C@@H]1[C@@H](OC(=O)c2ccccc2)[C@@H](O)[C@@H](COC(c2ccccc2)(c2ccccc2)c2ccccc2)O[C@H]1O)c1ccccc1. The molecule has 0 unspecified atom stereocenters. The lowest BCUT2D eigenvalue weighted by atomic mass is 9.80. The van der Waals surface area contributed by atoms with Crippen molar-refractivity contribution in [3.05, 3.63) is 179 Å². The summed E-state index contributed by atoms with van der Waals surface area (Å²) in [4.78, 5) is 26.3. The normalized spacial score (nSPS) is 21.0. The van der Waals surface area contributed by atoms with Gasteiger partial charge in [-0.3, -0.25) is 0 Å². The Balaban J connectivity index is 1.33. The summed E-state index contributed by atoms with van der Waals surface area (Å²) >= 11 is 0. The van der Waals surface area contributed by atoms with Gasteiger partial charge in [0, 0.05) is 0 Å². The minimum atomic E-state index is -1.76. The van der Waals surface area contributed by atoms with Crippen LogP contribution in [0.1, 0.15) is 37.4 Å². The summed E-state index contributed by atoms with van der Waals surface area (Å²) in [6.45, 7) is -0.240. The Bertz CT molecular complexity index is 1640. The number of hydrogen-bond acceptors (Lipinski definition) is 8. The van der Waals surface area contributed by atoms with E-state index in [2.05, 4.69) is 0 Å². The number of ether oxygens (including phenoxy) is 4. The van der Waals surface area contributed by atoms with E-state index in [9.17, 15) is 19.8 Å². The molecule has 1 aliphatic heterocycles. The zero-order valence-electron chi connectivity index (χ0n) is 25.4. The lowest BCUT2D eigenvalue weighted by molar-refractivity contribution is -0.290. The molecule has 0 aromatic heterocycles. The largest absolute Gasteiger partial charge is 0.452 e. The third-order valence-electron chi connectivity index (χ3n) is 8.15. The molecule has 47 heavy (non-hydrogen) atoms. The summed E-state index contributed by atoms with van der Waals surface area (Å²) < 4.78 is 24.1. The van der Waals surface area contributed by atoms with E-state index >= 15 is 0 Å². The maximum atomic E-state index is 13.2. The van der Waals surface area contributed by atoms with E-state index < -0.39 is 48.2 Å². The summed E-state index contributed by atoms with van der Waals surface area (Å²) in [5.41, 5.74) is 1.76. The van der Waals surface area contributed by atoms with Gasteiger partial charge in [0.15, 0.2) is 18.5 Å². The molecule has 0 spiro atoms. The summed E-state index contributed by atoms with van der Waals surface area (Å²) in [6, 6.07) is 45.4. The van der Waals surface area contributed by atoms with Crippen LogP contribution in [0.25, 0.3) is 0 Å². The number of esters is 2. The first-order valence-electron chi connectivity index (χ1n) is 15.3. The number of aliphatic hydroxyl groups is 2. The van der Waals surface area contributed by atoms with Gasteiger partial charge in [-0.25, -0.2) is 9.59 Å². The summed E-state index contributed by atoms with van der Waals surface area (Å²) in [5, 5.41) is 22.9. The topological polar surface area (TPSA) is 112 Å². The van der Waals surface area contributed by atoms with Gasteiger partial charge in [0.1, 0.15) is 17.8 Å². The quantitative estimate of drug-likeness (QED) is 0.153. The highest BCUT2D eigenvalue weighted by molar-refractivity contribution is 5.90. The molecular formula is C39H34O8. The van der Waals surface area contributed by atoms with E-state index in [1.165, 1.54) is 0 Å². The highest BCUT2D eigenvalue weighted by Gasteiger charge is 2.50.